The lowest BCUT2D eigenvalue weighted by atomic mass is 9.99. The van der Waals surface area contributed by atoms with Gasteiger partial charge in [0, 0.05) is 25.7 Å². The van der Waals surface area contributed by atoms with Gasteiger partial charge in [-0.2, -0.15) is 0 Å². The standard InChI is InChI=1S/C78H152O17P2/c1-7-10-12-14-16-18-19-20-21-22-26-31-37-43-49-55-61-76(81)89-67-74(95-77(82)62-56-50-44-38-32-27-24-23-25-30-36-41-47-53-59-71(6)9-3)69-93-97(86,87)91-65-72(79)64-90-96(84,85)92-68-73(66-88-75(80)60-54-48-42-34-17-15-13-11-8-2)94-78(83)63-57-51-45-39-33-28-29-35-40-46-52-58-70(4)5/h70-74,79H,7-69H2,1-6H3,(H,84,85)(H,86,87)/t71?,72-,73+,74+/m0/s1. The summed E-state index contributed by atoms with van der Waals surface area (Å²) in [6.07, 6.45) is 58.1. The Bertz CT molecular complexity index is 1870. The fourth-order valence-corrected chi connectivity index (χ4v) is 13.6. The molecule has 0 radical (unpaired) electrons. The second kappa shape index (κ2) is 69.8. The van der Waals surface area contributed by atoms with Crippen molar-refractivity contribution in [2.24, 2.45) is 11.8 Å². The third-order valence-corrected chi connectivity index (χ3v) is 20.5. The summed E-state index contributed by atoms with van der Waals surface area (Å²) < 4.78 is 68.6. The summed E-state index contributed by atoms with van der Waals surface area (Å²) in [7, 11) is -9.91. The van der Waals surface area contributed by atoms with Crippen LogP contribution in [0.3, 0.4) is 0 Å². The van der Waals surface area contributed by atoms with Crippen LogP contribution in [-0.4, -0.2) is 96.7 Å². The molecular weight excluding hydrogens is 1270 g/mol. The van der Waals surface area contributed by atoms with Gasteiger partial charge in [-0.1, -0.05) is 356 Å². The molecule has 0 amide bonds. The van der Waals surface area contributed by atoms with Crippen LogP contribution in [0, 0.1) is 11.8 Å². The molecule has 0 rings (SSSR count). The average Bonchev–Trinajstić information content (AvgIpc) is 2.10. The molecular formula is C78H152O17P2. The highest BCUT2D eigenvalue weighted by atomic mass is 31.2. The maximum Gasteiger partial charge on any atom is 0.472 e. The number of carbonyl (C=O) groups excluding carboxylic acids is 4. The number of esters is 4. The van der Waals surface area contributed by atoms with Crippen molar-refractivity contribution < 1.29 is 80.2 Å². The van der Waals surface area contributed by atoms with E-state index in [4.69, 9.17) is 37.0 Å². The number of phosphoric ester groups is 2. The molecule has 3 unspecified atom stereocenters. The Morgan fingerprint density at radius 3 is 0.784 bits per heavy atom. The topological polar surface area (TPSA) is 237 Å². The van der Waals surface area contributed by atoms with E-state index in [-0.39, 0.29) is 25.7 Å². The van der Waals surface area contributed by atoms with Gasteiger partial charge in [0.1, 0.15) is 19.3 Å². The summed E-state index contributed by atoms with van der Waals surface area (Å²) in [6.45, 7) is 9.66. The second-order valence-electron chi connectivity index (χ2n) is 28.8. The summed E-state index contributed by atoms with van der Waals surface area (Å²) >= 11 is 0. The van der Waals surface area contributed by atoms with E-state index in [1.165, 1.54) is 225 Å². The van der Waals surface area contributed by atoms with Crippen molar-refractivity contribution in [2.75, 3.05) is 39.6 Å². The summed E-state index contributed by atoms with van der Waals surface area (Å²) in [4.78, 5) is 72.9. The van der Waals surface area contributed by atoms with E-state index >= 15 is 0 Å². The monoisotopic (exact) mass is 1420 g/mol. The number of hydrogen-bond acceptors (Lipinski definition) is 15. The van der Waals surface area contributed by atoms with Crippen molar-refractivity contribution in [3.8, 4) is 0 Å². The van der Waals surface area contributed by atoms with Gasteiger partial charge >= 0.3 is 39.5 Å². The Morgan fingerprint density at radius 2 is 0.526 bits per heavy atom. The summed E-state index contributed by atoms with van der Waals surface area (Å²) in [5, 5.41) is 10.6. The van der Waals surface area contributed by atoms with Crippen LogP contribution in [0.5, 0.6) is 0 Å². The average molecular weight is 1420 g/mol. The molecule has 19 heteroatoms. The molecule has 0 saturated heterocycles. The van der Waals surface area contributed by atoms with Crippen molar-refractivity contribution >= 4 is 39.5 Å². The minimum absolute atomic E-state index is 0.107. The number of hydrogen-bond donors (Lipinski definition) is 3. The molecule has 576 valence electrons. The summed E-state index contributed by atoms with van der Waals surface area (Å²) in [5.74, 6) is -0.501. The predicted octanol–water partition coefficient (Wildman–Crippen LogP) is 23.1. The highest BCUT2D eigenvalue weighted by Gasteiger charge is 2.30. The number of unbranched alkanes of at least 4 members (excludes halogenated alkanes) is 46. The highest BCUT2D eigenvalue weighted by molar-refractivity contribution is 7.47. The van der Waals surface area contributed by atoms with Crippen LogP contribution in [0.15, 0.2) is 0 Å². The van der Waals surface area contributed by atoms with Crippen molar-refractivity contribution in [3.63, 3.8) is 0 Å². The number of ether oxygens (including phenoxy) is 4. The summed E-state index contributed by atoms with van der Waals surface area (Å²) in [5.41, 5.74) is 0. The fourth-order valence-electron chi connectivity index (χ4n) is 12.0. The van der Waals surface area contributed by atoms with Gasteiger partial charge in [0.15, 0.2) is 12.2 Å². The van der Waals surface area contributed by atoms with E-state index in [1.807, 2.05) is 0 Å². The lowest BCUT2D eigenvalue weighted by Crippen LogP contribution is -2.30. The molecule has 17 nitrogen and oxygen atoms in total. The Balaban J connectivity index is 5.23. The van der Waals surface area contributed by atoms with Crippen LogP contribution in [0.4, 0.5) is 0 Å². The van der Waals surface area contributed by atoms with Crippen LogP contribution >= 0.6 is 15.6 Å². The molecule has 0 aliphatic rings. The first-order chi connectivity index (χ1) is 46.9. The molecule has 3 N–H and O–H groups in total. The molecule has 0 bridgehead atoms. The van der Waals surface area contributed by atoms with Gasteiger partial charge < -0.3 is 33.8 Å². The zero-order valence-electron chi connectivity index (χ0n) is 63.4. The number of rotatable bonds is 77. The first kappa shape index (κ1) is 95.1. The molecule has 0 saturated carbocycles. The highest BCUT2D eigenvalue weighted by Crippen LogP contribution is 2.45. The third kappa shape index (κ3) is 70.9. The number of phosphoric acid groups is 2. The minimum Gasteiger partial charge on any atom is -0.462 e. The Morgan fingerprint density at radius 1 is 0.299 bits per heavy atom. The largest absolute Gasteiger partial charge is 0.472 e. The maximum absolute atomic E-state index is 13.1. The Labute approximate surface area is 594 Å². The van der Waals surface area contributed by atoms with Gasteiger partial charge in [-0.25, -0.2) is 9.13 Å². The molecule has 0 aromatic carbocycles. The lowest BCUT2D eigenvalue weighted by Gasteiger charge is -2.21. The Hall–Kier alpha value is -1.94. The van der Waals surface area contributed by atoms with Gasteiger partial charge in [-0.15, -0.1) is 0 Å². The molecule has 0 heterocycles. The molecule has 0 aromatic rings. The van der Waals surface area contributed by atoms with Crippen molar-refractivity contribution in [1.29, 1.82) is 0 Å². The number of carbonyl (C=O) groups is 4. The van der Waals surface area contributed by atoms with Crippen LogP contribution in [0.2, 0.25) is 0 Å². The first-order valence-corrected chi connectivity index (χ1v) is 43.5. The van der Waals surface area contributed by atoms with Gasteiger partial charge in [0.25, 0.3) is 0 Å². The van der Waals surface area contributed by atoms with Crippen LogP contribution in [0.25, 0.3) is 0 Å². The molecule has 0 aromatic heterocycles. The SMILES string of the molecule is CCCCCCCCCCCCCCCCCCC(=O)OC[C@H](COP(=O)(O)OC[C@@H](O)COP(=O)(O)OC[C@@H](COC(=O)CCCCCCCCCCC)OC(=O)CCCCCCCCCCCCCC(C)C)OC(=O)CCCCCCCCCCCCCCCCC(C)CC. The van der Waals surface area contributed by atoms with Crippen LogP contribution in [0.1, 0.15) is 408 Å². The van der Waals surface area contributed by atoms with E-state index in [9.17, 15) is 43.2 Å². The quantitative estimate of drug-likeness (QED) is 0.0222. The lowest BCUT2D eigenvalue weighted by molar-refractivity contribution is -0.161. The zero-order valence-corrected chi connectivity index (χ0v) is 65.2. The first-order valence-electron chi connectivity index (χ1n) is 40.5. The van der Waals surface area contributed by atoms with E-state index in [0.717, 1.165) is 102 Å². The zero-order chi connectivity index (χ0) is 71.4. The maximum atomic E-state index is 13.1. The van der Waals surface area contributed by atoms with Gasteiger partial charge in [-0.05, 0) is 37.5 Å². The van der Waals surface area contributed by atoms with Crippen molar-refractivity contribution in [3.05, 3.63) is 0 Å². The smallest absolute Gasteiger partial charge is 0.462 e. The van der Waals surface area contributed by atoms with E-state index in [0.29, 0.717) is 25.7 Å². The molecule has 0 aliphatic carbocycles. The number of aliphatic hydroxyl groups is 1. The molecule has 0 fully saturated rings. The van der Waals surface area contributed by atoms with E-state index in [2.05, 4.69) is 41.5 Å². The minimum atomic E-state index is -4.96. The molecule has 0 spiro atoms. The molecule has 0 aliphatic heterocycles. The second-order valence-corrected chi connectivity index (χ2v) is 31.7. The van der Waals surface area contributed by atoms with Crippen molar-refractivity contribution in [1.82, 2.24) is 0 Å². The van der Waals surface area contributed by atoms with Gasteiger partial charge in [-0.3, -0.25) is 37.3 Å². The molecule has 97 heavy (non-hydrogen) atoms. The van der Waals surface area contributed by atoms with Gasteiger partial charge in [0.2, 0.25) is 0 Å². The third-order valence-electron chi connectivity index (χ3n) is 18.6. The normalized spacial score (nSPS) is 14.2. The molecule has 6 atom stereocenters. The fraction of sp³-hybridized carbons (Fsp3) is 0.949. The predicted molar refractivity (Wildman–Crippen MR) is 395 cm³/mol. The Kier molecular flexibility index (Phi) is 68.4. The summed E-state index contributed by atoms with van der Waals surface area (Å²) in [6, 6.07) is 0. The van der Waals surface area contributed by atoms with Gasteiger partial charge in [0.05, 0.1) is 26.4 Å². The van der Waals surface area contributed by atoms with Crippen LogP contribution < -0.4 is 0 Å². The van der Waals surface area contributed by atoms with E-state index in [1.54, 1.807) is 0 Å². The van der Waals surface area contributed by atoms with E-state index < -0.39 is 97.5 Å². The van der Waals surface area contributed by atoms with Crippen LogP contribution in [-0.2, 0) is 65.4 Å². The van der Waals surface area contributed by atoms with Crippen molar-refractivity contribution in [2.45, 2.75) is 426 Å². The number of aliphatic hydroxyl groups excluding tert-OH is 1.